The van der Waals surface area contributed by atoms with Gasteiger partial charge in [-0.1, -0.05) is 69.2 Å². The highest BCUT2D eigenvalue weighted by molar-refractivity contribution is 5.78. The van der Waals surface area contributed by atoms with Gasteiger partial charge in [-0.25, -0.2) is 0 Å². The van der Waals surface area contributed by atoms with Crippen LogP contribution in [-0.4, -0.2) is 237 Å². The Kier molecular flexibility index (Phi) is 41.1. The third-order valence-corrected chi connectivity index (χ3v) is 17.3. The van der Waals surface area contributed by atoms with Crippen LogP contribution in [0.5, 0.6) is 0 Å². The van der Waals surface area contributed by atoms with E-state index in [9.17, 15) is 4.79 Å². The number of likely N-dealkylation sites (tertiary alicyclic amines) is 3. The summed E-state index contributed by atoms with van der Waals surface area (Å²) in [7, 11) is 8.80. The molecule has 4 N–H and O–H groups in total. The van der Waals surface area contributed by atoms with E-state index in [2.05, 4.69) is 176 Å². The molecule has 0 bridgehead atoms. The highest BCUT2D eigenvalue weighted by Gasteiger charge is 2.26. The minimum atomic E-state index is 0.146. The van der Waals surface area contributed by atoms with E-state index in [0.29, 0.717) is 12.2 Å². The summed E-state index contributed by atoms with van der Waals surface area (Å²) in [5.74, 6) is 7.94. The summed E-state index contributed by atoms with van der Waals surface area (Å²) in [6.45, 7) is 61.7. The van der Waals surface area contributed by atoms with Crippen LogP contribution < -0.4 is 21.3 Å². The van der Waals surface area contributed by atoms with E-state index in [-0.39, 0.29) is 11.8 Å². The van der Waals surface area contributed by atoms with Crippen LogP contribution in [0.1, 0.15) is 156 Å². The molecule has 13 heteroatoms. The Balaban J connectivity index is 0.000000435. The van der Waals surface area contributed by atoms with E-state index >= 15 is 0 Å². The molecule has 0 aromatic carbocycles. The molecule has 0 aromatic rings. The highest BCUT2D eigenvalue weighted by Crippen LogP contribution is 2.24. The molecule has 8 aliphatic rings. The van der Waals surface area contributed by atoms with Gasteiger partial charge in [0.05, 0.1) is 12.2 Å². The fourth-order valence-electron chi connectivity index (χ4n) is 11.0. The maximum Gasteiger partial charge on any atom is 0.225 e. The molecule has 0 radical (unpaired) electrons. The molecule has 76 heavy (non-hydrogen) atoms. The number of piperidine rings is 3. The Bertz CT molecular complexity index is 1260. The van der Waals surface area contributed by atoms with Gasteiger partial charge in [0.25, 0.3) is 0 Å². The Morgan fingerprint density at radius 2 is 0.724 bits per heavy atom. The van der Waals surface area contributed by atoms with Crippen LogP contribution in [0.2, 0.25) is 0 Å². The molecule has 1 amide bonds. The van der Waals surface area contributed by atoms with Gasteiger partial charge in [-0.2, -0.15) is 0 Å². The van der Waals surface area contributed by atoms with Gasteiger partial charge >= 0.3 is 0 Å². The van der Waals surface area contributed by atoms with Crippen molar-refractivity contribution in [1.82, 2.24) is 55.6 Å². The van der Waals surface area contributed by atoms with Crippen molar-refractivity contribution in [3.63, 3.8) is 0 Å². The largest absolute Gasteiger partial charge is 0.375 e. The molecule has 8 fully saturated rings. The van der Waals surface area contributed by atoms with Crippen LogP contribution in [0.15, 0.2) is 0 Å². The fraction of sp³-hybridized carbons (Fsp3) is 0.984. The normalized spacial score (nSPS) is 23.5. The van der Waals surface area contributed by atoms with Gasteiger partial charge in [0.15, 0.2) is 0 Å². The monoisotopic (exact) mass is 1080 g/mol. The second-order valence-electron chi connectivity index (χ2n) is 26.7. The molecule has 454 valence electrons. The van der Waals surface area contributed by atoms with E-state index in [1.165, 1.54) is 137 Å². The first-order chi connectivity index (χ1) is 35.9. The molecule has 8 rings (SSSR count). The van der Waals surface area contributed by atoms with Gasteiger partial charge in [-0.3, -0.25) is 14.6 Å². The predicted molar refractivity (Wildman–Crippen MR) is 332 cm³/mol. The molecule has 13 nitrogen and oxygen atoms in total. The number of hydrogen-bond acceptors (Lipinski definition) is 12. The molecule has 0 aromatic heterocycles. The van der Waals surface area contributed by atoms with Crippen molar-refractivity contribution < 1.29 is 9.53 Å². The maximum atomic E-state index is 11.4. The molecular formula is C63H135N11O2. The molecule has 1 atom stereocenters. The minimum Gasteiger partial charge on any atom is -0.375 e. The van der Waals surface area contributed by atoms with Gasteiger partial charge in [0.2, 0.25) is 5.91 Å². The number of likely N-dealkylation sites (N-methyl/N-ethyl adjacent to an activating group) is 1. The third-order valence-electron chi connectivity index (χ3n) is 17.3. The quantitative estimate of drug-likeness (QED) is 0.178. The average Bonchev–Trinajstić information content (AvgIpc) is 3.84. The molecule has 0 aliphatic carbocycles. The Labute approximate surface area is 474 Å². The number of carbonyl (C=O) groups excluding carboxylic acids is 1. The van der Waals surface area contributed by atoms with Crippen LogP contribution >= 0.6 is 0 Å². The van der Waals surface area contributed by atoms with E-state index in [4.69, 9.17) is 4.74 Å². The molecule has 1 unspecified atom stereocenters. The van der Waals surface area contributed by atoms with E-state index in [0.717, 1.165) is 112 Å². The Hall–Kier alpha value is -0.970. The standard InChI is InChI=1S/C9H19N.C8H16N2O.C8H18N2.C8H17NO.2C8H17N.C7H16N2.C7H15N/c1-8(2)9-4-6-10(3)7-5-9;1-7(2)8(11)10-5-3-9-4-6-10;1-8(2)10-6-4-9(3)5-7-10;1-7(2)10-8-3-5-9-6-4-8;1-7(2)8-4-5-9(3)6-8;1-7(2)8-3-5-9-6-4-8;1-7(2)9-5-3-8-4-6-9;1-6(2)7-4-8(3)5-7/h8-9H,4-7H2,1-3H3;7,9H,3-6H2,1-2H3;8H,4-7H2,1-3H3;7-9H,3-6H2,1-2H3;7-8H,4-6H2,1-3H3;7-9H,3-6H2,1-2H3;7-8H,3-6H2,1-2H3;6-7H,4-5H2,1-3H3. The van der Waals surface area contributed by atoms with Crippen molar-refractivity contribution >= 4 is 5.91 Å². The van der Waals surface area contributed by atoms with Crippen molar-refractivity contribution in [2.24, 2.45) is 53.3 Å². The first kappa shape index (κ1) is 73.0. The predicted octanol–water partition coefficient (Wildman–Crippen LogP) is 8.60. The highest BCUT2D eigenvalue weighted by atomic mass is 16.5. The summed E-state index contributed by atoms with van der Waals surface area (Å²) in [5, 5.41) is 13.2. The van der Waals surface area contributed by atoms with Crippen LogP contribution in [0.4, 0.5) is 0 Å². The molecule has 8 saturated heterocycles. The van der Waals surface area contributed by atoms with Gasteiger partial charge in [-0.05, 0) is 208 Å². The number of piperazine rings is 3. The maximum absolute atomic E-state index is 11.4. The first-order valence-electron chi connectivity index (χ1n) is 31.9. The molecule has 8 heterocycles. The fourth-order valence-corrected chi connectivity index (χ4v) is 11.0. The average molecular weight is 1080 g/mol. The van der Waals surface area contributed by atoms with Crippen LogP contribution in [0.3, 0.4) is 0 Å². The van der Waals surface area contributed by atoms with Crippen molar-refractivity contribution in [2.45, 2.75) is 180 Å². The summed E-state index contributed by atoms with van der Waals surface area (Å²) in [4.78, 5) is 28.0. The van der Waals surface area contributed by atoms with Gasteiger partial charge < -0.3 is 50.5 Å². The van der Waals surface area contributed by atoms with Crippen molar-refractivity contribution in [3.05, 3.63) is 0 Å². The number of rotatable bonds is 9. The lowest BCUT2D eigenvalue weighted by molar-refractivity contribution is -0.135. The van der Waals surface area contributed by atoms with E-state index < -0.39 is 0 Å². The first-order valence-corrected chi connectivity index (χ1v) is 31.9. The molecular weight excluding hydrogens is 943 g/mol. The minimum absolute atomic E-state index is 0.146. The SMILES string of the molecule is CC(C)C(=O)N1CCNCC1.CC(C)C1CCN(C)C1.CC(C)C1CCN(C)CC1.CC(C)C1CCNCC1.CC(C)C1CN(C)C1.CC(C)N1CCN(C)CC1.CC(C)N1CCNCC1.CC(C)OC1CCNCC1. The summed E-state index contributed by atoms with van der Waals surface area (Å²) in [6.07, 6.45) is 10.3. The molecule has 8 aliphatic heterocycles. The number of hydrogen-bond donors (Lipinski definition) is 4. The summed E-state index contributed by atoms with van der Waals surface area (Å²) >= 11 is 0. The Morgan fingerprint density at radius 3 is 1.05 bits per heavy atom. The van der Waals surface area contributed by atoms with Gasteiger partial charge in [-0.15, -0.1) is 0 Å². The zero-order valence-corrected chi connectivity index (χ0v) is 54.5. The lowest BCUT2D eigenvalue weighted by atomic mass is 9.87. The molecule has 0 saturated carbocycles. The Morgan fingerprint density at radius 1 is 0.368 bits per heavy atom. The van der Waals surface area contributed by atoms with Crippen LogP contribution in [0.25, 0.3) is 0 Å². The smallest absolute Gasteiger partial charge is 0.225 e. The number of nitrogens with one attached hydrogen (secondary N) is 4. The van der Waals surface area contributed by atoms with Crippen molar-refractivity contribution in [3.8, 4) is 0 Å². The van der Waals surface area contributed by atoms with Crippen LogP contribution in [0, 0.1) is 53.3 Å². The number of carbonyl (C=O) groups is 1. The van der Waals surface area contributed by atoms with E-state index in [1.54, 1.807) is 0 Å². The second-order valence-corrected chi connectivity index (χ2v) is 26.7. The zero-order valence-electron chi connectivity index (χ0n) is 54.5. The zero-order chi connectivity index (χ0) is 57.2. The lowest BCUT2D eigenvalue weighted by Crippen LogP contribution is -2.47. The van der Waals surface area contributed by atoms with Gasteiger partial charge in [0.1, 0.15) is 0 Å². The summed E-state index contributed by atoms with van der Waals surface area (Å²) in [5.41, 5.74) is 0. The van der Waals surface area contributed by atoms with Crippen molar-refractivity contribution in [1.29, 1.82) is 0 Å². The van der Waals surface area contributed by atoms with Gasteiger partial charge in [0, 0.05) is 116 Å². The number of amides is 1. The third kappa shape index (κ3) is 35.0. The number of ether oxygens (including phenoxy) is 1. The summed E-state index contributed by atoms with van der Waals surface area (Å²) < 4.78 is 5.65. The topological polar surface area (TPSA) is 97.1 Å². The van der Waals surface area contributed by atoms with E-state index in [1.807, 2.05) is 18.7 Å². The lowest BCUT2D eigenvalue weighted by Gasteiger charge is -2.38. The summed E-state index contributed by atoms with van der Waals surface area (Å²) in [6, 6.07) is 1.46. The second kappa shape index (κ2) is 42.8. The number of nitrogens with zero attached hydrogens (tertiary/aromatic N) is 7. The van der Waals surface area contributed by atoms with Crippen LogP contribution in [-0.2, 0) is 9.53 Å². The molecule has 0 spiro atoms. The van der Waals surface area contributed by atoms with Crippen molar-refractivity contribution in [2.75, 3.05) is 172 Å².